The van der Waals surface area contributed by atoms with Crippen LogP contribution in [0.4, 0.5) is 4.39 Å². The van der Waals surface area contributed by atoms with E-state index < -0.39 is 12.8 Å². The van der Waals surface area contributed by atoms with Gasteiger partial charge in [-0.1, -0.05) is 6.42 Å². The highest BCUT2D eigenvalue weighted by Crippen LogP contribution is 2.35. The Bertz CT molecular complexity index is 160. The highest BCUT2D eigenvalue weighted by Gasteiger charge is 2.36. The van der Waals surface area contributed by atoms with E-state index in [1.807, 2.05) is 0 Å². The largest absolute Gasteiger partial charge is 0.389 e. The molecule has 1 N–H and O–H groups in total. The van der Waals surface area contributed by atoms with Gasteiger partial charge in [-0.05, 0) is 25.7 Å². The van der Waals surface area contributed by atoms with Crippen molar-refractivity contribution in [2.75, 3.05) is 13.2 Å². The summed E-state index contributed by atoms with van der Waals surface area (Å²) in [6.45, 7) is -0.0538. The van der Waals surface area contributed by atoms with E-state index in [-0.39, 0.29) is 0 Å². The van der Waals surface area contributed by atoms with Crippen LogP contribution in [0, 0.1) is 0 Å². The molecule has 2 fully saturated rings. The van der Waals surface area contributed by atoms with Gasteiger partial charge in [0, 0.05) is 18.6 Å². The molecule has 0 aromatic rings. The van der Waals surface area contributed by atoms with Crippen molar-refractivity contribution in [2.24, 2.45) is 0 Å². The van der Waals surface area contributed by atoms with Gasteiger partial charge in [-0.15, -0.1) is 0 Å². The van der Waals surface area contributed by atoms with Crippen LogP contribution < -0.4 is 0 Å². The predicted molar refractivity (Wildman–Crippen MR) is 49.3 cm³/mol. The van der Waals surface area contributed by atoms with Crippen molar-refractivity contribution in [3.05, 3.63) is 0 Å². The molecule has 0 aliphatic carbocycles. The Morgan fingerprint density at radius 2 is 1.85 bits per heavy atom. The van der Waals surface area contributed by atoms with Crippen molar-refractivity contribution in [3.8, 4) is 0 Å². The molecule has 0 saturated carbocycles. The summed E-state index contributed by atoms with van der Waals surface area (Å²) in [6.07, 6.45) is 5.55. The first-order valence-electron chi connectivity index (χ1n) is 5.31. The zero-order chi connectivity index (χ0) is 9.26. The van der Waals surface area contributed by atoms with E-state index in [0.29, 0.717) is 18.6 Å². The number of nitrogens with zero attached hydrogens (tertiary/aromatic N) is 1. The van der Waals surface area contributed by atoms with Crippen molar-refractivity contribution in [1.29, 1.82) is 0 Å². The van der Waals surface area contributed by atoms with Gasteiger partial charge in [0.05, 0.1) is 6.10 Å². The molecule has 2 rings (SSSR count). The minimum Gasteiger partial charge on any atom is -0.389 e. The monoisotopic (exact) mass is 187 g/mol. The van der Waals surface area contributed by atoms with Gasteiger partial charge in [0.25, 0.3) is 0 Å². The molecule has 13 heavy (non-hydrogen) atoms. The SMILES string of the molecule is OC(CF)CN1C2CCCC1CC2. The zero-order valence-corrected chi connectivity index (χ0v) is 7.95. The minimum atomic E-state index is -0.763. The van der Waals surface area contributed by atoms with Gasteiger partial charge < -0.3 is 5.11 Å². The minimum absolute atomic E-state index is 0.547. The molecule has 2 nitrogen and oxygen atoms in total. The smallest absolute Gasteiger partial charge is 0.117 e. The Hall–Kier alpha value is -0.150. The number of alkyl halides is 1. The van der Waals surface area contributed by atoms with Crippen molar-refractivity contribution in [2.45, 2.75) is 50.3 Å². The van der Waals surface area contributed by atoms with E-state index in [1.165, 1.54) is 32.1 Å². The Morgan fingerprint density at radius 1 is 1.23 bits per heavy atom. The van der Waals surface area contributed by atoms with Crippen LogP contribution in [-0.4, -0.2) is 41.4 Å². The molecule has 0 aromatic carbocycles. The van der Waals surface area contributed by atoms with Gasteiger partial charge >= 0.3 is 0 Å². The third-order valence-electron chi connectivity index (χ3n) is 3.45. The molecule has 2 aliphatic heterocycles. The van der Waals surface area contributed by atoms with Crippen LogP contribution in [0.5, 0.6) is 0 Å². The van der Waals surface area contributed by atoms with Gasteiger partial charge in [0.15, 0.2) is 0 Å². The summed E-state index contributed by atoms with van der Waals surface area (Å²) in [7, 11) is 0. The van der Waals surface area contributed by atoms with Crippen LogP contribution in [-0.2, 0) is 0 Å². The van der Waals surface area contributed by atoms with Crippen molar-refractivity contribution in [3.63, 3.8) is 0 Å². The number of aliphatic hydroxyl groups excluding tert-OH is 1. The fraction of sp³-hybridized carbons (Fsp3) is 1.00. The molecule has 2 heterocycles. The summed E-state index contributed by atoms with van der Waals surface area (Å²) in [5.41, 5.74) is 0. The van der Waals surface area contributed by atoms with Gasteiger partial charge in [-0.2, -0.15) is 0 Å². The van der Waals surface area contributed by atoms with Gasteiger partial charge in [-0.25, -0.2) is 4.39 Å². The van der Waals surface area contributed by atoms with E-state index in [0.717, 1.165) is 0 Å². The highest BCUT2D eigenvalue weighted by molar-refractivity contribution is 4.92. The third kappa shape index (κ3) is 1.86. The highest BCUT2D eigenvalue weighted by atomic mass is 19.1. The first-order valence-corrected chi connectivity index (χ1v) is 5.31. The quantitative estimate of drug-likeness (QED) is 0.720. The second-order valence-electron chi connectivity index (χ2n) is 4.32. The van der Waals surface area contributed by atoms with Crippen molar-refractivity contribution in [1.82, 2.24) is 4.90 Å². The molecule has 0 radical (unpaired) electrons. The lowest BCUT2D eigenvalue weighted by molar-refractivity contribution is 0.0492. The molecule has 2 saturated heterocycles. The normalized spacial score (nSPS) is 36.5. The Balaban J connectivity index is 1.91. The number of fused-ring (bicyclic) bond motifs is 2. The van der Waals surface area contributed by atoms with E-state index in [9.17, 15) is 9.50 Å². The number of hydrogen-bond acceptors (Lipinski definition) is 2. The van der Waals surface area contributed by atoms with E-state index in [4.69, 9.17) is 0 Å². The maximum absolute atomic E-state index is 12.1. The van der Waals surface area contributed by atoms with Crippen LogP contribution in [0.3, 0.4) is 0 Å². The van der Waals surface area contributed by atoms with Crippen LogP contribution >= 0.6 is 0 Å². The average Bonchev–Trinajstić information content (AvgIpc) is 2.41. The molecule has 2 aliphatic rings. The van der Waals surface area contributed by atoms with Crippen molar-refractivity contribution < 1.29 is 9.50 Å². The maximum atomic E-state index is 12.1. The number of hydrogen-bond donors (Lipinski definition) is 1. The fourth-order valence-electron chi connectivity index (χ4n) is 2.81. The molecule has 3 heteroatoms. The van der Waals surface area contributed by atoms with E-state index in [2.05, 4.69) is 4.90 Å². The van der Waals surface area contributed by atoms with Crippen LogP contribution in [0.2, 0.25) is 0 Å². The second-order valence-corrected chi connectivity index (χ2v) is 4.32. The Labute approximate surface area is 78.7 Å². The predicted octanol–water partition coefficient (Wildman–Crippen LogP) is 1.33. The summed E-state index contributed by atoms with van der Waals surface area (Å²) in [5, 5.41) is 9.26. The number of piperidine rings is 1. The summed E-state index contributed by atoms with van der Waals surface area (Å²) < 4.78 is 12.1. The molecular weight excluding hydrogens is 169 g/mol. The number of halogens is 1. The Morgan fingerprint density at radius 3 is 2.38 bits per heavy atom. The Kier molecular flexibility index (Phi) is 2.84. The van der Waals surface area contributed by atoms with E-state index >= 15 is 0 Å². The number of rotatable bonds is 3. The van der Waals surface area contributed by atoms with Crippen LogP contribution in [0.1, 0.15) is 32.1 Å². The molecule has 0 spiro atoms. The van der Waals surface area contributed by atoms with Gasteiger partial charge in [0.2, 0.25) is 0 Å². The van der Waals surface area contributed by atoms with Crippen LogP contribution in [0.25, 0.3) is 0 Å². The topological polar surface area (TPSA) is 23.5 Å². The first kappa shape index (κ1) is 9.41. The molecule has 76 valence electrons. The lowest BCUT2D eigenvalue weighted by atomic mass is 10.0. The summed E-state index contributed by atoms with van der Waals surface area (Å²) in [4.78, 5) is 2.33. The van der Waals surface area contributed by atoms with Crippen molar-refractivity contribution >= 4 is 0 Å². The second kappa shape index (κ2) is 3.93. The maximum Gasteiger partial charge on any atom is 0.117 e. The van der Waals surface area contributed by atoms with Gasteiger partial charge in [-0.3, -0.25) is 4.90 Å². The first-order chi connectivity index (χ1) is 6.31. The molecular formula is C10H18FNO. The molecule has 3 unspecified atom stereocenters. The molecule has 0 aromatic heterocycles. The average molecular weight is 187 g/mol. The lowest BCUT2D eigenvalue weighted by Crippen LogP contribution is -2.44. The standard InChI is InChI=1S/C10H18FNO/c11-6-10(13)7-12-8-2-1-3-9(12)5-4-8/h8-10,13H,1-7H2. The fourth-order valence-corrected chi connectivity index (χ4v) is 2.81. The summed E-state index contributed by atoms with van der Waals surface area (Å²) >= 11 is 0. The molecule has 3 atom stereocenters. The van der Waals surface area contributed by atoms with E-state index in [1.54, 1.807) is 0 Å². The zero-order valence-electron chi connectivity index (χ0n) is 7.95. The third-order valence-corrected chi connectivity index (χ3v) is 3.45. The summed E-state index contributed by atoms with van der Waals surface area (Å²) in [5.74, 6) is 0. The number of aliphatic hydroxyl groups is 1. The van der Waals surface area contributed by atoms with Crippen LogP contribution in [0.15, 0.2) is 0 Å². The molecule has 0 amide bonds. The summed E-state index contributed by atoms with van der Waals surface area (Å²) in [6, 6.07) is 1.28. The lowest BCUT2D eigenvalue weighted by Gasteiger charge is -2.35. The molecule has 2 bridgehead atoms. The van der Waals surface area contributed by atoms with Gasteiger partial charge in [0.1, 0.15) is 6.67 Å².